The lowest BCUT2D eigenvalue weighted by atomic mass is 9.87. The third-order valence-corrected chi connectivity index (χ3v) is 23.1. The molecule has 10 nitrogen and oxygen atoms in total. The van der Waals surface area contributed by atoms with Crippen LogP contribution in [0.3, 0.4) is 0 Å². The van der Waals surface area contributed by atoms with Gasteiger partial charge < -0.3 is 0 Å². The molecule has 2 aliphatic carbocycles. The van der Waals surface area contributed by atoms with E-state index in [0.29, 0.717) is 11.8 Å². The maximum Gasteiger partial charge on any atom is 0.287 e. The first kappa shape index (κ1) is 83.5. The SMILES string of the molecule is CCCc1ccc2c(-c3ccc(F)cc3C)[n+](C)cnc2c1.Cc1cc(F)ccc1-c1c2ccc(C(C)C)cc2nc[n+]1C.Cc1cc(F)ccc1-c1c2ccc(C3CCCC3)cc2nc[n+]1C.Cc1cc(F)ccc1-c1c2ccc(CC(C)(C)C)cc2nc[n+]1C.Cc1cc(F)ccc1-c1c2ccc(CC3CCCC3)cc2nc[n+]1C. The Kier molecular flexibility index (Phi) is 26.0. The van der Waals surface area contributed by atoms with Crippen LogP contribution in [-0.2, 0) is 54.5 Å². The minimum atomic E-state index is -0.204. The summed E-state index contributed by atoms with van der Waals surface area (Å²) >= 11 is 0. The molecular formula is C102H110F5N10+5. The standard InChI is InChI=1S/C22H24FN2.C21H22FN2.C21H24FN2.2C19H20FN2/c1-15-11-18(23)8-10-19(15)22-20-9-7-17(12-16-5-3-4-6-16)13-21(20)24-14-25(22)2;1-14-11-17(22)8-10-18(14)21-19-9-7-16(15-5-3-4-6-15)12-20(19)23-13-24(21)2;1-14-10-16(22)7-9-17(14)20-18-8-6-15(12-21(2,3)4)11-19(18)23-13-24(20)5;1-12(2)14-5-7-17-18(10-14)21-11-22(4)19(17)16-8-6-15(20)9-13(16)3;1-4-5-14-6-8-17-18(11-14)21-12-22(3)19(17)16-9-7-15(20)10-13(16)2/h7-11,13-14,16H,3-6,12H2,1-2H3;7-13,15H,3-6H2,1-2H3;6-11,13H,12H2,1-5H3;5-12H,1-4H3;6-12H,4-5H2,1-3H3/q5*+1. The Morgan fingerprint density at radius 2 is 0.650 bits per heavy atom. The van der Waals surface area contributed by atoms with Crippen LogP contribution in [0.4, 0.5) is 22.0 Å². The average molecular weight is 1570 g/mol. The zero-order valence-electron chi connectivity index (χ0n) is 70.8. The maximum atomic E-state index is 13.5. The van der Waals surface area contributed by atoms with E-state index >= 15 is 0 Å². The van der Waals surface area contributed by atoms with Crippen molar-refractivity contribution in [2.45, 2.75) is 165 Å². The first-order valence-electron chi connectivity index (χ1n) is 41.3. The van der Waals surface area contributed by atoms with Gasteiger partial charge in [-0.3, -0.25) is 0 Å². The molecule has 2 saturated carbocycles. The normalized spacial score (nSPS) is 13.0. The molecule has 15 aromatic rings. The van der Waals surface area contributed by atoms with Gasteiger partial charge in [-0.2, -0.15) is 0 Å². The predicted molar refractivity (Wildman–Crippen MR) is 463 cm³/mol. The molecule has 0 aliphatic heterocycles. The molecule has 2 fully saturated rings. The Balaban J connectivity index is 0.000000127. The maximum absolute atomic E-state index is 13.5. The first-order valence-corrected chi connectivity index (χ1v) is 41.3. The Bertz CT molecular complexity index is 6170. The minimum Gasteiger partial charge on any atom is -0.232 e. The molecule has 0 atom stereocenters. The summed E-state index contributed by atoms with van der Waals surface area (Å²) in [5, 5.41) is 5.52. The van der Waals surface area contributed by atoms with Crippen LogP contribution in [0.2, 0.25) is 0 Å². The topological polar surface area (TPSA) is 83.8 Å². The molecule has 10 aromatic carbocycles. The van der Waals surface area contributed by atoms with Crippen LogP contribution in [0.15, 0.2) is 214 Å². The largest absolute Gasteiger partial charge is 0.287 e. The van der Waals surface area contributed by atoms with E-state index in [1.807, 2.05) is 155 Å². The summed E-state index contributed by atoms with van der Waals surface area (Å²) in [7, 11) is 9.92. The van der Waals surface area contributed by atoms with Crippen LogP contribution in [0.5, 0.6) is 0 Å². The summed E-state index contributed by atoms with van der Waals surface area (Å²) in [4.78, 5) is 23.0. The van der Waals surface area contributed by atoms with Crippen molar-refractivity contribution in [2.75, 3.05) is 0 Å². The van der Waals surface area contributed by atoms with Gasteiger partial charge in [0, 0.05) is 27.8 Å². The van der Waals surface area contributed by atoms with Crippen molar-refractivity contribution < 1.29 is 44.8 Å². The zero-order chi connectivity index (χ0) is 83.1. The molecule has 0 spiro atoms. The van der Waals surface area contributed by atoms with Gasteiger partial charge in [0.25, 0.3) is 31.6 Å². The highest BCUT2D eigenvalue weighted by molar-refractivity contribution is 5.95. The number of benzene rings is 10. The monoisotopic (exact) mass is 1570 g/mol. The Morgan fingerprint density at radius 3 is 0.991 bits per heavy atom. The lowest BCUT2D eigenvalue weighted by molar-refractivity contribution is -0.662. The molecule has 2 aliphatic rings. The molecule has 0 saturated heterocycles. The second-order valence-electron chi connectivity index (χ2n) is 33.9. The summed E-state index contributed by atoms with van der Waals surface area (Å²) in [6.45, 7) is 23.0. The zero-order valence-corrected chi connectivity index (χ0v) is 70.8. The summed E-state index contributed by atoms with van der Waals surface area (Å²) in [6.07, 6.45) is 24.3. The molecule has 598 valence electrons. The molecule has 15 heteroatoms. The van der Waals surface area contributed by atoms with Crippen molar-refractivity contribution in [1.82, 2.24) is 24.9 Å². The molecule has 0 unspecified atom stereocenters. The summed E-state index contributed by atoms with van der Waals surface area (Å²) in [5.41, 5.74) is 27.2. The van der Waals surface area contributed by atoms with Gasteiger partial charge in [-0.25, -0.2) is 44.8 Å². The van der Waals surface area contributed by atoms with Crippen LogP contribution < -0.4 is 22.8 Å². The number of aromatic nitrogens is 10. The number of nitrogens with zero attached hydrogens (tertiary/aromatic N) is 10. The van der Waals surface area contributed by atoms with Gasteiger partial charge in [-0.1, -0.05) is 117 Å². The lowest BCUT2D eigenvalue weighted by Gasteiger charge is -2.18. The number of rotatable bonds is 12. The molecular weight excluding hydrogens is 1460 g/mol. The second-order valence-corrected chi connectivity index (χ2v) is 33.9. The number of hydrogen-bond donors (Lipinski definition) is 0. The van der Waals surface area contributed by atoms with Crippen LogP contribution in [0.1, 0.15) is 167 Å². The van der Waals surface area contributed by atoms with E-state index in [1.165, 1.54) is 110 Å². The average Bonchev–Trinajstić information content (AvgIpc) is 0.980. The molecule has 0 radical (unpaired) electrons. The molecule has 0 N–H and O–H groups in total. The quantitative estimate of drug-likeness (QED) is 0.0899. The van der Waals surface area contributed by atoms with Gasteiger partial charge in [0.1, 0.15) is 57.6 Å². The minimum absolute atomic E-state index is 0.193. The third kappa shape index (κ3) is 19.5. The molecule has 117 heavy (non-hydrogen) atoms. The van der Waals surface area contributed by atoms with Crippen molar-refractivity contribution in [1.29, 1.82) is 0 Å². The van der Waals surface area contributed by atoms with E-state index in [9.17, 15) is 22.0 Å². The number of halogens is 5. The number of aryl methyl sites for hydroxylation is 11. The van der Waals surface area contributed by atoms with Gasteiger partial charge in [-0.15, -0.1) is 0 Å². The smallest absolute Gasteiger partial charge is 0.232 e. The van der Waals surface area contributed by atoms with Crippen molar-refractivity contribution in [3.8, 4) is 56.3 Å². The number of fused-ring (bicyclic) bond motifs is 5. The fraction of sp³-hybridized carbons (Fsp3) is 0.314. The summed E-state index contributed by atoms with van der Waals surface area (Å²) in [6, 6.07) is 57.5. The fourth-order valence-electron chi connectivity index (χ4n) is 17.2. The second kappa shape index (κ2) is 36.4. The Labute approximate surface area is 686 Å². The van der Waals surface area contributed by atoms with Gasteiger partial charge in [0.2, 0.25) is 0 Å². The van der Waals surface area contributed by atoms with Gasteiger partial charge in [0.15, 0.2) is 27.6 Å². The van der Waals surface area contributed by atoms with E-state index < -0.39 is 0 Å². The highest BCUT2D eigenvalue weighted by Gasteiger charge is 2.27. The van der Waals surface area contributed by atoms with E-state index in [-0.39, 0.29) is 34.5 Å². The third-order valence-electron chi connectivity index (χ3n) is 23.1. The van der Waals surface area contributed by atoms with E-state index in [2.05, 4.69) is 157 Å². The molecule has 0 bridgehead atoms. The van der Waals surface area contributed by atoms with Gasteiger partial charge in [0.05, 0.1) is 62.2 Å². The van der Waals surface area contributed by atoms with Crippen molar-refractivity contribution >= 4 is 54.5 Å². The number of hydrogen-bond acceptors (Lipinski definition) is 5. The summed E-state index contributed by atoms with van der Waals surface area (Å²) in [5.74, 6) is 0.983. The first-order chi connectivity index (χ1) is 56.1. The van der Waals surface area contributed by atoms with E-state index in [1.54, 1.807) is 30.3 Å². The van der Waals surface area contributed by atoms with Crippen LogP contribution >= 0.6 is 0 Å². The van der Waals surface area contributed by atoms with Crippen molar-refractivity contribution in [3.05, 3.63) is 298 Å². The van der Waals surface area contributed by atoms with Crippen LogP contribution in [-0.4, -0.2) is 24.9 Å². The highest BCUT2D eigenvalue weighted by atomic mass is 19.1. The van der Waals surface area contributed by atoms with Crippen molar-refractivity contribution in [3.63, 3.8) is 0 Å². The van der Waals surface area contributed by atoms with Gasteiger partial charge in [-0.05, 0) is 322 Å². The summed E-state index contributed by atoms with van der Waals surface area (Å²) < 4.78 is 77.3. The van der Waals surface area contributed by atoms with E-state index in [0.717, 1.165) is 170 Å². The molecule has 5 aromatic heterocycles. The molecule has 5 heterocycles. The lowest BCUT2D eigenvalue weighted by Crippen LogP contribution is -2.31. The van der Waals surface area contributed by atoms with Gasteiger partial charge >= 0.3 is 0 Å². The molecule has 17 rings (SSSR count). The Morgan fingerprint density at radius 1 is 0.350 bits per heavy atom. The highest BCUT2D eigenvalue weighted by Crippen LogP contribution is 2.39. The van der Waals surface area contributed by atoms with Crippen LogP contribution in [0, 0.1) is 75.0 Å². The van der Waals surface area contributed by atoms with Crippen molar-refractivity contribution in [2.24, 2.45) is 46.6 Å². The predicted octanol–water partition coefficient (Wildman–Crippen LogP) is 22.9. The fourth-order valence-corrected chi connectivity index (χ4v) is 17.2. The molecule has 0 amide bonds. The van der Waals surface area contributed by atoms with E-state index in [4.69, 9.17) is 0 Å². The Hall–Kier alpha value is -11.5. The van der Waals surface area contributed by atoms with Crippen LogP contribution in [0.25, 0.3) is 111 Å².